The van der Waals surface area contributed by atoms with Crippen molar-refractivity contribution in [2.24, 2.45) is 5.92 Å². The third kappa shape index (κ3) is 3.50. The van der Waals surface area contributed by atoms with Gasteiger partial charge in [-0.15, -0.1) is 0 Å². The molecular weight excluding hydrogens is 256 g/mol. The van der Waals surface area contributed by atoms with Crippen molar-refractivity contribution >= 4 is 12.0 Å². The highest BCUT2D eigenvalue weighted by molar-refractivity contribution is 5.80. The highest BCUT2D eigenvalue weighted by Crippen LogP contribution is 2.19. The Bertz CT molecular complexity index is 473. The lowest BCUT2D eigenvalue weighted by atomic mass is 10.1. The molecule has 1 saturated heterocycles. The van der Waals surface area contributed by atoms with E-state index in [0.717, 1.165) is 5.56 Å². The standard InChI is InChI=1S/C15H20N2O3/c1-16(2)14(18)13-8-9-17(10-13)15(19)20-11-12-6-4-3-5-7-12/h3-7,13H,8-11H2,1-2H3/t13-/m0/s1. The van der Waals surface area contributed by atoms with E-state index in [-0.39, 0.29) is 24.5 Å². The normalized spacial score (nSPS) is 17.9. The molecule has 5 nitrogen and oxygen atoms in total. The van der Waals surface area contributed by atoms with Gasteiger partial charge in [0, 0.05) is 27.2 Å². The van der Waals surface area contributed by atoms with E-state index in [0.29, 0.717) is 19.5 Å². The molecule has 5 heteroatoms. The minimum atomic E-state index is -0.345. The maximum absolute atomic E-state index is 11.9. The van der Waals surface area contributed by atoms with Crippen molar-refractivity contribution in [3.8, 4) is 0 Å². The van der Waals surface area contributed by atoms with Crippen molar-refractivity contribution in [2.45, 2.75) is 13.0 Å². The molecule has 0 radical (unpaired) electrons. The molecule has 2 amide bonds. The molecule has 1 heterocycles. The van der Waals surface area contributed by atoms with Crippen molar-refractivity contribution in [1.82, 2.24) is 9.80 Å². The summed E-state index contributed by atoms with van der Waals surface area (Å²) in [6.45, 7) is 1.30. The van der Waals surface area contributed by atoms with Crippen LogP contribution in [0.3, 0.4) is 0 Å². The first kappa shape index (κ1) is 14.4. The summed E-state index contributed by atoms with van der Waals surface area (Å²) in [5.41, 5.74) is 0.959. The molecule has 20 heavy (non-hydrogen) atoms. The molecule has 1 aliphatic heterocycles. The average molecular weight is 276 g/mol. The van der Waals surface area contributed by atoms with Crippen molar-refractivity contribution < 1.29 is 14.3 Å². The van der Waals surface area contributed by atoms with Gasteiger partial charge in [0.1, 0.15) is 6.61 Å². The molecule has 1 atom stereocenters. The predicted molar refractivity (Wildman–Crippen MR) is 75.0 cm³/mol. The molecule has 0 bridgehead atoms. The van der Waals surface area contributed by atoms with Crippen LogP contribution in [0.15, 0.2) is 30.3 Å². The van der Waals surface area contributed by atoms with Gasteiger partial charge in [-0.05, 0) is 12.0 Å². The third-order valence-corrected chi connectivity index (χ3v) is 3.44. The van der Waals surface area contributed by atoms with E-state index in [9.17, 15) is 9.59 Å². The summed E-state index contributed by atoms with van der Waals surface area (Å²) in [6, 6.07) is 9.56. The van der Waals surface area contributed by atoms with Crippen LogP contribution < -0.4 is 0 Å². The number of carbonyl (C=O) groups is 2. The first-order valence-electron chi connectivity index (χ1n) is 6.74. The van der Waals surface area contributed by atoms with Crippen LogP contribution in [0.2, 0.25) is 0 Å². The quantitative estimate of drug-likeness (QED) is 0.845. The molecule has 108 valence electrons. The summed E-state index contributed by atoms with van der Waals surface area (Å²) in [5.74, 6) is -0.0300. The van der Waals surface area contributed by atoms with E-state index in [1.165, 1.54) is 0 Å². The first-order chi connectivity index (χ1) is 9.58. The van der Waals surface area contributed by atoms with E-state index >= 15 is 0 Å². The number of amides is 2. The number of rotatable bonds is 3. The van der Waals surface area contributed by atoms with Gasteiger partial charge < -0.3 is 14.5 Å². The molecule has 1 aromatic rings. The average Bonchev–Trinajstić information content (AvgIpc) is 2.94. The van der Waals surface area contributed by atoms with E-state index in [4.69, 9.17) is 4.74 Å². The first-order valence-corrected chi connectivity index (χ1v) is 6.74. The second-order valence-electron chi connectivity index (χ2n) is 5.20. The van der Waals surface area contributed by atoms with Crippen LogP contribution in [-0.4, -0.2) is 49.0 Å². The van der Waals surface area contributed by atoms with Gasteiger partial charge in [0.15, 0.2) is 0 Å². The van der Waals surface area contributed by atoms with Crippen LogP contribution in [0.5, 0.6) is 0 Å². The summed E-state index contributed by atoms with van der Waals surface area (Å²) in [6.07, 6.45) is 0.361. The zero-order chi connectivity index (χ0) is 14.5. The van der Waals surface area contributed by atoms with E-state index in [1.807, 2.05) is 30.3 Å². The van der Waals surface area contributed by atoms with Crippen LogP contribution in [0, 0.1) is 5.92 Å². The summed E-state index contributed by atoms with van der Waals surface area (Å²) in [4.78, 5) is 27.0. The fraction of sp³-hybridized carbons (Fsp3) is 0.467. The number of hydrogen-bond acceptors (Lipinski definition) is 3. The lowest BCUT2D eigenvalue weighted by Gasteiger charge is -2.18. The number of benzene rings is 1. The van der Waals surface area contributed by atoms with Crippen LogP contribution in [-0.2, 0) is 16.1 Å². The molecular formula is C15H20N2O3. The van der Waals surface area contributed by atoms with Crippen molar-refractivity contribution in [1.29, 1.82) is 0 Å². The maximum Gasteiger partial charge on any atom is 0.410 e. The van der Waals surface area contributed by atoms with Gasteiger partial charge in [0.25, 0.3) is 0 Å². The summed E-state index contributed by atoms with van der Waals surface area (Å²) >= 11 is 0. The van der Waals surface area contributed by atoms with Crippen molar-refractivity contribution in [3.05, 3.63) is 35.9 Å². The number of carbonyl (C=O) groups excluding carboxylic acids is 2. The van der Waals surface area contributed by atoms with Gasteiger partial charge in [0.05, 0.1) is 5.92 Å². The zero-order valence-corrected chi connectivity index (χ0v) is 11.9. The Labute approximate surface area is 119 Å². The minimum absolute atomic E-state index is 0.0726. The number of ether oxygens (including phenoxy) is 1. The third-order valence-electron chi connectivity index (χ3n) is 3.44. The predicted octanol–water partition coefficient (Wildman–Crippen LogP) is 1.73. The summed E-state index contributed by atoms with van der Waals surface area (Å²) < 4.78 is 5.26. The summed E-state index contributed by atoms with van der Waals surface area (Å²) in [5, 5.41) is 0. The molecule has 0 saturated carbocycles. The highest BCUT2D eigenvalue weighted by Gasteiger charge is 2.32. The second-order valence-corrected chi connectivity index (χ2v) is 5.20. The Morgan fingerprint density at radius 1 is 1.30 bits per heavy atom. The fourth-order valence-electron chi connectivity index (χ4n) is 2.30. The van der Waals surface area contributed by atoms with Gasteiger partial charge in [-0.2, -0.15) is 0 Å². The highest BCUT2D eigenvalue weighted by atomic mass is 16.6. The number of nitrogens with zero attached hydrogens (tertiary/aromatic N) is 2. The Kier molecular flexibility index (Phi) is 4.61. The molecule has 0 unspecified atom stereocenters. The van der Waals surface area contributed by atoms with Gasteiger partial charge >= 0.3 is 6.09 Å². The SMILES string of the molecule is CN(C)C(=O)[C@H]1CCN(C(=O)OCc2ccccc2)C1. The fourth-order valence-corrected chi connectivity index (χ4v) is 2.30. The molecule has 1 aliphatic rings. The zero-order valence-electron chi connectivity index (χ0n) is 11.9. The Balaban J connectivity index is 1.81. The topological polar surface area (TPSA) is 49.9 Å². The van der Waals surface area contributed by atoms with Crippen molar-refractivity contribution in [3.63, 3.8) is 0 Å². The molecule has 1 aromatic carbocycles. The Morgan fingerprint density at radius 3 is 2.65 bits per heavy atom. The largest absolute Gasteiger partial charge is 0.445 e. The lowest BCUT2D eigenvalue weighted by molar-refractivity contribution is -0.132. The van der Waals surface area contributed by atoms with Gasteiger partial charge in [-0.25, -0.2) is 4.79 Å². The van der Waals surface area contributed by atoms with Crippen molar-refractivity contribution in [2.75, 3.05) is 27.2 Å². The Hall–Kier alpha value is -2.04. The van der Waals surface area contributed by atoms with E-state index < -0.39 is 0 Å². The van der Waals surface area contributed by atoms with Gasteiger partial charge in [0.2, 0.25) is 5.91 Å². The van der Waals surface area contributed by atoms with E-state index in [1.54, 1.807) is 23.9 Å². The Morgan fingerprint density at radius 2 is 2.00 bits per heavy atom. The van der Waals surface area contributed by atoms with Gasteiger partial charge in [-0.3, -0.25) is 4.79 Å². The van der Waals surface area contributed by atoms with Gasteiger partial charge in [-0.1, -0.05) is 30.3 Å². The van der Waals surface area contributed by atoms with Crippen LogP contribution in [0.25, 0.3) is 0 Å². The molecule has 2 rings (SSSR count). The van der Waals surface area contributed by atoms with Crippen LogP contribution >= 0.6 is 0 Å². The van der Waals surface area contributed by atoms with Crippen LogP contribution in [0.4, 0.5) is 4.79 Å². The molecule has 0 N–H and O–H groups in total. The lowest BCUT2D eigenvalue weighted by Crippen LogP contribution is -2.34. The van der Waals surface area contributed by atoms with Crippen LogP contribution in [0.1, 0.15) is 12.0 Å². The smallest absolute Gasteiger partial charge is 0.410 e. The molecule has 0 aromatic heterocycles. The maximum atomic E-state index is 11.9. The second kappa shape index (κ2) is 6.41. The summed E-state index contributed by atoms with van der Waals surface area (Å²) in [7, 11) is 3.47. The number of hydrogen-bond donors (Lipinski definition) is 0. The molecule has 0 spiro atoms. The number of likely N-dealkylation sites (tertiary alicyclic amines) is 1. The molecule has 1 fully saturated rings. The van der Waals surface area contributed by atoms with E-state index in [2.05, 4.69) is 0 Å². The molecule has 0 aliphatic carbocycles. The minimum Gasteiger partial charge on any atom is -0.445 e. The monoisotopic (exact) mass is 276 g/mol.